The van der Waals surface area contributed by atoms with Crippen LogP contribution in [-0.4, -0.2) is 45.9 Å². The minimum atomic E-state index is -3.14. The van der Waals surface area contributed by atoms with E-state index in [1.807, 2.05) is 0 Å². The fourth-order valence-electron chi connectivity index (χ4n) is 2.73. The number of benzene rings is 1. The van der Waals surface area contributed by atoms with E-state index >= 15 is 0 Å². The van der Waals surface area contributed by atoms with Crippen molar-refractivity contribution >= 4 is 5.82 Å². The Labute approximate surface area is 162 Å². The Balaban J connectivity index is 1.42. The molecule has 2 aromatic heterocycles. The molecule has 1 aliphatic heterocycles. The molecule has 0 aliphatic carbocycles. The molecule has 11 heteroatoms. The van der Waals surface area contributed by atoms with Crippen molar-refractivity contribution in [3.63, 3.8) is 0 Å². The largest absolute Gasteiger partial charge is 0.471 e. The van der Waals surface area contributed by atoms with Crippen LogP contribution in [0.4, 0.5) is 23.4 Å². The lowest BCUT2D eigenvalue weighted by molar-refractivity contribution is -0.0521. The highest BCUT2D eigenvalue weighted by atomic mass is 19.3. The van der Waals surface area contributed by atoms with E-state index < -0.39 is 24.3 Å². The summed E-state index contributed by atoms with van der Waals surface area (Å²) in [7, 11) is 0. The zero-order chi connectivity index (χ0) is 20.4. The second kappa shape index (κ2) is 7.94. The molecule has 1 saturated heterocycles. The molecule has 1 fully saturated rings. The summed E-state index contributed by atoms with van der Waals surface area (Å²) in [6.45, 7) is -2.49. The maximum absolute atomic E-state index is 13.5. The number of rotatable bonds is 7. The van der Waals surface area contributed by atoms with Gasteiger partial charge < -0.3 is 14.4 Å². The lowest BCUT2D eigenvalue weighted by atomic mass is 10.2. The minimum absolute atomic E-state index is 0.0454. The highest BCUT2D eigenvalue weighted by molar-refractivity contribution is 5.44. The van der Waals surface area contributed by atoms with Gasteiger partial charge in [-0.1, -0.05) is 11.3 Å². The first-order valence-corrected chi connectivity index (χ1v) is 8.63. The standard InChI is InChI=1S/C18H15F4N5O2/c19-11-7-26(8-11)16-2-1-3-17(23-16)28-10-12-9-27(25-24-12)13-4-5-14(20)15(6-13)29-18(21)22/h1-6,9,11,18H,7-8,10H2. The van der Waals surface area contributed by atoms with Gasteiger partial charge in [-0.3, -0.25) is 0 Å². The second-order valence-corrected chi connectivity index (χ2v) is 6.27. The zero-order valence-corrected chi connectivity index (χ0v) is 14.9. The summed E-state index contributed by atoms with van der Waals surface area (Å²) in [5.41, 5.74) is 0.727. The number of halogens is 4. The van der Waals surface area contributed by atoms with Crippen LogP contribution in [0, 0.1) is 5.82 Å². The fourth-order valence-corrected chi connectivity index (χ4v) is 2.73. The number of hydrogen-bond acceptors (Lipinski definition) is 6. The van der Waals surface area contributed by atoms with Crippen LogP contribution in [-0.2, 0) is 6.61 Å². The Morgan fingerprint density at radius 3 is 2.76 bits per heavy atom. The highest BCUT2D eigenvalue weighted by Gasteiger charge is 2.27. The maximum atomic E-state index is 13.5. The quantitative estimate of drug-likeness (QED) is 0.559. The Kier molecular flexibility index (Phi) is 5.19. The molecule has 1 aliphatic rings. The molecular weight excluding hydrogens is 394 g/mol. The molecule has 0 amide bonds. The van der Waals surface area contributed by atoms with Crippen LogP contribution in [0.5, 0.6) is 11.6 Å². The Morgan fingerprint density at radius 1 is 1.17 bits per heavy atom. The normalized spacial score (nSPS) is 14.2. The zero-order valence-electron chi connectivity index (χ0n) is 14.9. The predicted octanol–water partition coefficient (Wildman–Crippen LogP) is 3.14. The summed E-state index contributed by atoms with van der Waals surface area (Å²) in [5, 5.41) is 7.81. The van der Waals surface area contributed by atoms with E-state index in [1.165, 1.54) is 16.9 Å². The summed E-state index contributed by atoms with van der Waals surface area (Å²) in [5.74, 6) is -0.537. The van der Waals surface area contributed by atoms with Crippen molar-refractivity contribution in [2.45, 2.75) is 19.4 Å². The summed E-state index contributed by atoms with van der Waals surface area (Å²) >= 11 is 0. The van der Waals surface area contributed by atoms with Gasteiger partial charge in [0.25, 0.3) is 0 Å². The average molecular weight is 409 g/mol. The smallest absolute Gasteiger partial charge is 0.387 e. The molecule has 0 spiro atoms. The van der Waals surface area contributed by atoms with E-state index in [-0.39, 0.29) is 6.61 Å². The molecule has 3 heterocycles. The molecule has 4 rings (SSSR count). The van der Waals surface area contributed by atoms with Crippen molar-refractivity contribution in [3.05, 3.63) is 54.1 Å². The van der Waals surface area contributed by atoms with Gasteiger partial charge in [-0.05, 0) is 18.2 Å². The number of nitrogens with zero attached hydrogens (tertiary/aromatic N) is 5. The average Bonchev–Trinajstić information content (AvgIpc) is 3.14. The molecule has 29 heavy (non-hydrogen) atoms. The Bertz CT molecular complexity index is 994. The molecule has 0 saturated carbocycles. The van der Waals surface area contributed by atoms with Gasteiger partial charge in [0.15, 0.2) is 11.6 Å². The number of ether oxygens (including phenoxy) is 2. The number of pyridine rings is 1. The summed E-state index contributed by atoms with van der Waals surface area (Å²) in [4.78, 5) is 6.10. The van der Waals surface area contributed by atoms with Crippen LogP contribution >= 0.6 is 0 Å². The molecule has 3 aromatic rings. The van der Waals surface area contributed by atoms with Crippen molar-refractivity contribution in [3.8, 4) is 17.3 Å². The molecule has 7 nitrogen and oxygen atoms in total. The van der Waals surface area contributed by atoms with Crippen LogP contribution in [0.1, 0.15) is 5.69 Å². The predicted molar refractivity (Wildman–Crippen MR) is 93.6 cm³/mol. The van der Waals surface area contributed by atoms with E-state index in [1.54, 1.807) is 23.1 Å². The van der Waals surface area contributed by atoms with Crippen LogP contribution in [0.15, 0.2) is 42.6 Å². The lowest BCUT2D eigenvalue weighted by Crippen LogP contribution is -2.48. The number of hydrogen-bond donors (Lipinski definition) is 0. The van der Waals surface area contributed by atoms with Gasteiger partial charge in [0.2, 0.25) is 5.88 Å². The van der Waals surface area contributed by atoms with Crippen molar-refractivity contribution in [1.82, 2.24) is 20.0 Å². The first-order valence-electron chi connectivity index (χ1n) is 8.63. The topological polar surface area (TPSA) is 65.3 Å². The third-order valence-corrected chi connectivity index (χ3v) is 4.17. The minimum Gasteiger partial charge on any atom is -0.471 e. The number of anilines is 1. The van der Waals surface area contributed by atoms with E-state index in [4.69, 9.17) is 4.74 Å². The van der Waals surface area contributed by atoms with E-state index in [9.17, 15) is 17.6 Å². The van der Waals surface area contributed by atoms with E-state index in [2.05, 4.69) is 20.0 Å². The molecule has 0 N–H and O–H groups in total. The van der Waals surface area contributed by atoms with E-state index in [0.29, 0.717) is 36.2 Å². The SMILES string of the molecule is Fc1ccc(-n2cc(COc3cccc(N4CC(F)C4)n3)nn2)cc1OC(F)F. The van der Waals surface area contributed by atoms with Crippen LogP contribution < -0.4 is 14.4 Å². The first-order chi connectivity index (χ1) is 14.0. The fraction of sp³-hybridized carbons (Fsp3) is 0.278. The van der Waals surface area contributed by atoms with Crippen LogP contribution in [0.3, 0.4) is 0 Å². The molecule has 0 atom stereocenters. The van der Waals surface area contributed by atoms with Gasteiger partial charge in [0.1, 0.15) is 24.3 Å². The van der Waals surface area contributed by atoms with Crippen molar-refractivity contribution in [2.75, 3.05) is 18.0 Å². The van der Waals surface area contributed by atoms with Gasteiger partial charge in [-0.15, -0.1) is 5.10 Å². The molecule has 152 valence electrons. The number of alkyl halides is 3. The Morgan fingerprint density at radius 2 is 2.00 bits per heavy atom. The monoisotopic (exact) mass is 409 g/mol. The molecule has 0 unspecified atom stereocenters. The summed E-state index contributed by atoms with van der Waals surface area (Å²) in [6.07, 6.45) is 0.668. The van der Waals surface area contributed by atoms with Crippen molar-refractivity contribution in [2.24, 2.45) is 0 Å². The van der Waals surface area contributed by atoms with Gasteiger partial charge in [-0.25, -0.2) is 13.5 Å². The third-order valence-electron chi connectivity index (χ3n) is 4.17. The van der Waals surface area contributed by atoms with E-state index in [0.717, 1.165) is 12.1 Å². The van der Waals surface area contributed by atoms with Gasteiger partial charge >= 0.3 is 6.61 Å². The van der Waals surface area contributed by atoms with Crippen molar-refractivity contribution in [1.29, 1.82) is 0 Å². The summed E-state index contributed by atoms with van der Waals surface area (Å²) < 4.78 is 62.3. The molecular formula is C18H15F4N5O2. The van der Waals surface area contributed by atoms with Crippen molar-refractivity contribution < 1.29 is 27.0 Å². The molecule has 0 bridgehead atoms. The third kappa shape index (κ3) is 4.39. The lowest BCUT2D eigenvalue weighted by Gasteiger charge is -2.35. The van der Waals surface area contributed by atoms with Gasteiger partial charge in [0.05, 0.1) is 25.0 Å². The van der Waals surface area contributed by atoms with Gasteiger partial charge in [-0.2, -0.15) is 13.8 Å². The summed E-state index contributed by atoms with van der Waals surface area (Å²) in [6, 6.07) is 8.62. The first kappa shape index (κ1) is 19.0. The Hall–Kier alpha value is -3.37. The number of aromatic nitrogens is 4. The molecule has 1 aromatic carbocycles. The van der Waals surface area contributed by atoms with Gasteiger partial charge in [0, 0.05) is 12.1 Å². The second-order valence-electron chi connectivity index (χ2n) is 6.27. The highest BCUT2D eigenvalue weighted by Crippen LogP contribution is 2.24. The maximum Gasteiger partial charge on any atom is 0.387 e. The molecule has 0 radical (unpaired) electrons. The van der Waals surface area contributed by atoms with Crippen LogP contribution in [0.2, 0.25) is 0 Å². The van der Waals surface area contributed by atoms with Crippen LogP contribution in [0.25, 0.3) is 5.69 Å².